The van der Waals surface area contributed by atoms with E-state index >= 15 is 0 Å². The van der Waals surface area contributed by atoms with Crippen LogP contribution in [0.2, 0.25) is 10.0 Å². The van der Waals surface area contributed by atoms with Crippen LogP contribution in [-0.4, -0.2) is 20.4 Å². The molecule has 0 bridgehead atoms. The van der Waals surface area contributed by atoms with E-state index in [4.69, 9.17) is 38.3 Å². The SMILES string of the molecule is Nc1c(C(=O)NCc2ccco2)c2nc3ccccc3nc2n1-c1ccc(Cl)c(Cl)c1. The van der Waals surface area contributed by atoms with Crippen LogP contribution >= 0.6 is 23.2 Å². The smallest absolute Gasteiger partial charge is 0.257 e. The minimum atomic E-state index is -0.387. The normalized spacial score (nSPS) is 11.3. The molecular weight excluding hydrogens is 437 g/mol. The van der Waals surface area contributed by atoms with Crippen LogP contribution in [0.3, 0.4) is 0 Å². The van der Waals surface area contributed by atoms with E-state index in [0.717, 1.165) is 0 Å². The van der Waals surface area contributed by atoms with Crippen molar-refractivity contribution in [2.45, 2.75) is 6.54 Å². The molecule has 0 radical (unpaired) electrons. The molecule has 0 aliphatic heterocycles. The van der Waals surface area contributed by atoms with Gasteiger partial charge in [-0.15, -0.1) is 0 Å². The molecule has 1 amide bonds. The molecule has 0 aliphatic rings. The van der Waals surface area contributed by atoms with Crippen molar-refractivity contribution in [1.29, 1.82) is 0 Å². The summed E-state index contributed by atoms with van der Waals surface area (Å²) in [4.78, 5) is 22.5. The Bertz CT molecular complexity index is 1440. The van der Waals surface area contributed by atoms with Crippen LogP contribution in [0.15, 0.2) is 65.3 Å². The van der Waals surface area contributed by atoms with E-state index in [1.54, 1.807) is 41.2 Å². The number of aromatic nitrogens is 3. The van der Waals surface area contributed by atoms with E-state index in [1.807, 2.05) is 24.3 Å². The lowest BCUT2D eigenvalue weighted by atomic mass is 10.2. The molecule has 0 atom stereocenters. The first kappa shape index (κ1) is 19.4. The summed E-state index contributed by atoms with van der Waals surface area (Å²) in [5, 5.41) is 3.60. The number of nitrogens with zero attached hydrogens (tertiary/aromatic N) is 3. The van der Waals surface area contributed by atoms with Gasteiger partial charge in [0.15, 0.2) is 5.65 Å². The van der Waals surface area contributed by atoms with Crippen LogP contribution in [-0.2, 0) is 6.54 Å². The first-order chi connectivity index (χ1) is 15.0. The highest BCUT2D eigenvalue weighted by atomic mass is 35.5. The Hall–Kier alpha value is -3.55. The van der Waals surface area contributed by atoms with Crippen molar-refractivity contribution < 1.29 is 9.21 Å². The molecule has 0 saturated carbocycles. The summed E-state index contributed by atoms with van der Waals surface area (Å²) in [6.07, 6.45) is 1.55. The third-order valence-electron chi connectivity index (χ3n) is 4.89. The summed E-state index contributed by atoms with van der Waals surface area (Å²) in [7, 11) is 0. The van der Waals surface area contributed by atoms with Crippen LogP contribution in [0.1, 0.15) is 16.1 Å². The first-order valence-electron chi connectivity index (χ1n) is 9.35. The van der Waals surface area contributed by atoms with Gasteiger partial charge in [0, 0.05) is 0 Å². The van der Waals surface area contributed by atoms with Gasteiger partial charge < -0.3 is 15.5 Å². The number of rotatable bonds is 4. The van der Waals surface area contributed by atoms with E-state index in [-0.39, 0.29) is 23.8 Å². The number of hydrogen-bond acceptors (Lipinski definition) is 5. The predicted molar refractivity (Wildman–Crippen MR) is 121 cm³/mol. The van der Waals surface area contributed by atoms with Gasteiger partial charge in [0.1, 0.15) is 22.7 Å². The summed E-state index contributed by atoms with van der Waals surface area (Å²) < 4.78 is 6.94. The van der Waals surface area contributed by atoms with E-state index < -0.39 is 0 Å². The maximum atomic E-state index is 13.1. The molecule has 5 rings (SSSR count). The number of anilines is 1. The minimum Gasteiger partial charge on any atom is -0.467 e. The number of benzene rings is 2. The van der Waals surface area contributed by atoms with Crippen molar-refractivity contribution in [2.75, 3.05) is 5.73 Å². The van der Waals surface area contributed by atoms with Crippen molar-refractivity contribution >= 4 is 57.1 Å². The van der Waals surface area contributed by atoms with Crippen molar-refractivity contribution in [3.05, 3.63) is 82.2 Å². The molecule has 3 N–H and O–H groups in total. The number of fused-ring (bicyclic) bond motifs is 2. The van der Waals surface area contributed by atoms with Gasteiger partial charge in [-0.2, -0.15) is 0 Å². The summed E-state index contributed by atoms with van der Waals surface area (Å²) in [6.45, 7) is 0.214. The summed E-state index contributed by atoms with van der Waals surface area (Å²) in [5.41, 5.74) is 9.48. The number of para-hydroxylation sites is 2. The molecule has 2 aromatic carbocycles. The molecule has 0 unspecified atom stereocenters. The van der Waals surface area contributed by atoms with Gasteiger partial charge in [0.25, 0.3) is 5.91 Å². The third-order valence-corrected chi connectivity index (χ3v) is 5.63. The van der Waals surface area contributed by atoms with Crippen molar-refractivity contribution in [3.63, 3.8) is 0 Å². The number of carbonyl (C=O) groups is 1. The largest absolute Gasteiger partial charge is 0.467 e. The lowest BCUT2D eigenvalue weighted by molar-refractivity contribution is 0.0950. The number of hydrogen-bond donors (Lipinski definition) is 2. The summed E-state index contributed by atoms with van der Waals surface area (Å²) in [6, 6.07) is 16.0. The van der Waals surface area contributed by atoms with Gasteiger partial charge in [-0.05, 0) is 42.5 Å². The minimum absolute atomic E-state index is 0.195. The first-order valence-corrected chi connectivity index (χ1v) is 10.1. The number of nitrogen functional groups attached to an aromatic ring is 1. The third kappa shape index (κ3) is 3.37. The molecule has 0 aliphatic carbocycles. The number of halogens is 2. The quantitative estimate of drug-likeness (QED) is 0.401. The molecule has 0 fully saturated rings. The number of nitrogens with one attached hydrogen (secondary N) is 1. The molecular formula is C22H15Cl2N5O2. The van der Waals surface area contributed by atoms with Gasteiger partial charge >= 0.3 is 0 Å². The Morgan fingerprint density at radius 1 is 1.03 bits per heavy atom. The zero-order valence-electron chi connectivity index (χ0n) is 16.0. The molecule has 0 spiro atoms. The van der Waals surface area contributed by atoms with Crippen LogP contribution in [0.5, 0.6) is 0 Å². The fraction of sp³-hybridized carbons (Fsp3) is 0.0455. The number of carbonyl (C=O) groups excluding carboxylic acids is 1. The predicted octanol–water partition coefficient (Wildman–Crippen LogP) is 4.99. The number of furan rings is 1. The van der Waals surface area contributed by atoms with E-state index in [9.17, 15) is 4.79 Å². The van der Waals surface area contributed by atoms with Crippen LogP contribution < -0.4 is 11.1 Å². The van der Waals surface area contributed by atoms with Gasteiger partial charge in [-0.25, -0.2) is 9.97 Å². The lowest BCUT2D eigenvalue weighted by Crippen LogP contribution is -2.23. The molecule has 31 heavy (non-hydrogen) atoms. The zero-order chi connectivity index (χ0) is 21.5. The Morgan fingerprint density at radius 3 is 2.52 bits per heavy atom. The number of nitrogens with two attached hydrogens (primary N) is 1. The molecule has 3 heterocycles. The van der Waals surface area contributed by atoms with Crippen LogP contribution in [0.25, 0.3) is 27.9 Å². The molecule has 7 nitrogen and oxygen atoms in total. The lowest BCUT2D eigenvalue weighted by Gasteiger charge is -2.09. The number of amides is 1. The highest BCUT2D eigenvalue weighted by Gasteiger charge is 2.25. The summed E-state index contributed by atoms with van der Waals surface area (Å²) in [5.74, 6) is 0.430. The Labute approximate surface area is 186 Å². The van der Waals surface area contributed by atoms with E-state index in [1.165, 1.54) is 0 Å². The monoisotopic (exact) mass is 451 g/mol. The molecule has 3 aromatic heterocycles. The fourth-order valence-electron chi connectivity index (χ4n) is 3.44. The average molecular weight is 452 g/mol. The second-order valence-electron chi connectivity index (χ2n) is 6.84. The Morgan fingerprint density at radius 2 is 1.81 bits per heavy atom. The highest BCUT2D eigenvalue weighted by molar-refractivity contribution is 6.42. The topological polar surface area (TPSA) is 99.0 Å². The summed E-state index contributed by atoms with van der Waals surface area (Å²) >= 11 is 12.3. The van der Waals surface area contributed by atoms with Gasteiger partial charge in [-0.3, -0.25) is 9.36 Å². The van der Waals surface area contributed by atoms with Crippen LogP contribution in [0.4, 0.5) is 5.82 Å². The standard InChI is InChI=1S/C22H15Cl2N5O2/c23-14-8-7-12(10-15(14)24)29-20(25)18(22(30)26-11-13-4-3-9-31-13)19-21(29)28-17-6-2-1-5-16(17)27-19/h1-10H,11,25H2,(H,26,30). The maximum Gasteiger partial charge on any atom is 0.257 e. The molecule has 9 heteroatoms. The fourth-order valence-corrected chi connectivity index (χ4v) is 3.73. The highest BCUT2D eigenvalue weighted by Crippen LogP contribution is 2.33. The molecule has 0 saturated heterocycles. The van der Waals surface area contributed by atoms with Crippen molar-refractivity contribution in [2.24, 2.45) is 0 Å². The van der Waals surface area contributed by atoms with Crippen LogP contribution in [0, 0.1) is 0 Å². The second kappa shape index (κ2) is 7.61. The van der Waals surface area contributed by atoms with E-state index in [2.05, 4.69) is 10.3 Å². The van der Waals surface area contributed by atoms with Gasteiger partial charge in [0.2, 0.25) is 0 Å². The Kier molecular flexibility index (Phi) is 4.77. The van der Waals surface area contributed by atoms with Crippen molar-refractivity contribution in [1.82, 2.24) is 19.9 Å². The zero-order valence-corrected chi connectivity index (χ0v) is 17.5. The average Bonchev–Trinajstić information content (AvgIpc) is 3.38. The second-order valence-corrected chi connectivity index (χ2v) is 7.66. The maximum absolute atomic E-state index is 13.1. The molecule has 5 aromatic rings. The molecule has 154 valence electrons. The van der Waals surface area contributed by atoms with Gasteiger partial charge in [0.05, 0.1) is 39.6 Å². The van der Waals surface area contributed by atoms with Gasteiger partial charge in [-0.1, -0.05) is 35.3 Å². The van der Waals surface area contributed by atoms with Crippen molar-refractivity contribution in [3.8, 4) is 5.69 Å². The Balaban J connectivity index is 1.72. The van der Waals surface area contributed by atoms with E-state index in [0.29, 0.717) is 43.7 Å².